The highest BCUT2D eigenvalue weighted by molar-refractivity contribution is 5.94. The van der Waals surface area contributed by atoms with Gasteiger partial charge in [0, 0.05) is 43.6 Å². The van der Waals surface area contributed by atoms with Gasteiger partial charge in [0.25, 0.3) is 5.91 Å². The first-order valence-electron chi connectivity index (χ1n) is 10.6. The highest BCUT2D eigenvalue weighted by Crippen LogP contribution is 2.39. The molecule has 27 heavy (non-hydrogen) atoms. The van der Waals surface area contributed by atoms with E-state index in [-0.39, 0.29) is 11.3 Å². The number of likely N-dealkylation sites (tertiary alicyclic amines) is 2. The van der Waals surface area contributed by atoms with Crippen molar-refractivity contribution < 1.29 is 9.59 Å². The standard InChI is InChI=1S/C23H34N2O2/c1-4-5-14-24-16-23(13-11-21(24)26)12-6-15-25(17-23)22(27)20-9-7-19(8-10-20)18(2)3/h7-10,18H,4-6,11-17H2,1-3H3/t23-/m0/s1. The lowest BCUT2D eigenvalue weighted by Crippen LogP contribution is -2.55. The fraction of sp³-hybridized carbons (Fsp3) is 0.652. The maximum Gasteiger partial charge on any atom is 0.253 e. The van der Waals surface area contributed by atoms with E-state index in [0.717, 1.165) is 63.8 Å². The number of hydrogen-bond acceptors (Lipinski definition) is 2. The Kier molecular flexibility index (Phi) is 6.23. The maximum atomic E-state index is 13.1. The van der Waals surface area contributed by atoms with Gasteiger partial charge in [0.15, 0.2) is 0 Å². The minimum absolute atomic E-state index is 0.0907. The van der Waals surface area contributed by atoms with Crippen molar-refractivity contribution in [3.8, 4) is 0 Å². The number of carbonyl (C=O) groups excluding carboxylic acids is 2. The van der Waals surface area contributed by atoms with Gasteiger partial charge >= 0.3 is 0 Å². The van der Waals surface area contributed by atoms with Crippen LogP contribution in [0.2, 0.25) is 0 Å². The normalized spacial score (nSPS) is 23.3. The van der Waals surface area contributed by atoms with Crippen LogP contribution >= 0.6 is 0 Å². The largest absolute Gasteiger partial charge is 0.342 e. The Morgan fingerprint density at radius 1 is 1.15 bits per heavy atom. The smallest absolute Gasteiger partial charge is 0.253 e. The van der Waals surface area contributed by atoms with Crippen molar-refractivity contribution in [2.45, 2.75) is 65.2 Å². The molecule has 3 rings (SSSR count). The van der Waals surface area contributed by atoms with Crippen LogP contribution in [-0.2, 0) is 4.79 Å². The molecule has 4 heteroatoms. The van der Waals surface area contributed by atoms with Gasteiger partial charge in [0.1, 0.15) is 0 Å². The Balaban J connectivity index is 1.69. The van der Waals surface area contributed by atoms with E-state index in [9.17, 15) is 9.59 Å². The van der Waals surface area contributed by atoms with Gasteiger partial charge in [-0.1, -0.05) is 39.3 Å². The number of unbranched alkanes of at least 4 members (excludes halogenated alkanes) is 1. The molecule has 2 aliphatic heterocycles. The monoisotopic (exact) mass is 370 g/mol. The van der Waals surface area contributed by atoms with E-state index in [1.807, 2.05) is 17.0 Å². The second kappa shape index (κ2) is 8.45. The lowest BCUT2D eigenvalue weighted by Gasteiger charge is -2.48. The lowest BCUT2D eigenvalue weighted by molar-refractivity contribution is -0.139. The predicted octanol–water partition coefficient (Wildman–Crippen LogP) is 4.45. The summed E-state index contributed by atoms with van der Waals surface area (Å²) >= 11 is 0. The van der Waals surface area contributed by atoms with E-state index in [1.165, 1.54) is 5.56 Å². The van der Waals surface area contributed by atoms with E-state index >= 15 is 0 Å². The summed E-state index contributed by atoms with van der Waals surface area (Å²) in [6.07, 6.45) is 5.88. The highest BCUT2D eigenvalue weighted by Gasteiger charge is 2.42. The third kappa shape index (κ3) is 4.53. The molecule has 0 N–H and O–H groups in total. The van der Waals surface area contributed by atoms with Crippen molar-refractivity contribution in [2.24, 2.45) is 5.41 Å². The summed E-state index contributed by atoms with van der Waals surface area (Å²) in [5, 5.41) is 0. The van der Waals surface area contributed by atoms with Gasteiger partial charge in [-0.3, -0.25) is 9.59 Å². The van der Waals surface area contributed by atoms with E-state index in [1.54, 1.807) is 0 Å². The summed E-state index contributed by atoms with van der Waals surface area (Å²) in [5.74, 6) is 0.907. The van der Waals surface area contributed by atoms with Crippen molar-refractivity contribution >= 4 is 11.8 Å². The highest BCUT2D eigenvalue weighted by atomic mass is 16.2. The molecule has 2 amide bonds. The number of rotatable bonds is 5. The molecule has 0 radical (unpaired) electrons. The molecule has 0 bridgehead atoms. The third-order valence-corrected chi connectivity index (χ3v) is 6.30. The molecule has 4 nitrogen and oxygen atoms in total. The van der Waals surface area contributed by atoms with Crippen molar-refractivity contribution in [1.82, 2.24) is 9.80 Å². The molecule has 1 atom stereocenters. The van der Waals surface area contributed by atoms with E-state index in [2.05, 4.69) is 37.8 Å². The first-order valence-corrected chi connectivity index (χ1v) is 10.6. The van der Waals surface area contributed by atoms with Gasteiger partial charge < -0.3 is 9.80 Å². The summed E-state index contributed by atoms with van der Waals surface area (Å²) < 4.78 is 0. The molecule has 0 aromatic heterocycles. The number of carbonyl (C=O) groups is 2. The zero-order valence-corrected chi connectivity index (χ0v) is 17.2. The number of nitrogens with zero attached hydrogens (tertiary/aromatic N) is 2. The minimum atomic E-state index is 0.0907. The summed E-state index contributed by atoms with van der Waals surface area (Å²) in [5.41, 5.74) is 2.14. The molecule has 0 saturated carbocycles. The van der Waals surface area contributed by atoms with E-state index in [4.69, 9.17) is 0 Å². The average Bonchev–Trinajstić information content (AvgIpc) is 2.68. The second-order valence-corrected chi connectivity index (χ2v) is 8.78. The van der Waals surface area contributed by atoms with Gasteiger partial charge in [-0.25, -0.2) is 0 Å². The van der Waals surface area contributed by atoms with Crippen LogP contribution in [0.4, 0.5) is 0 Å². The number of amides is 2. The molecule has 0 aliphatic carbocycles. The molecule has 1 aromatic rings. The fourth-order valence-corrected chi connectivity index (χ4v) is 4.56. The van der Waals surface area contributed by atoms with E-state index < -0.39 is 0 Å². The maximum absolute atomic E-state index is 13.1. The topological polar surface area (TPSA) is 40.6 Å². The predicted molar refractivity (Wildman–Crippen MR) is 109 cm³/mol. The Bertz CT molecular complexity index is 667. The van der Waals surface area contributed by atoms with Crippen LogP contribution in [0.15, 0.2) is 24.3 Å². The fourth-order valence-electron chi connectivity index (χ4n) is 4.56. The van der Waals surface area contributed by atoms with Gasteiger partial charge in [0.05, 0.1) is 0 Å². The zero-order chi connectivity index (χ0) is 19.4. The SMILES string of the molecule is CCCCN1C[C@]2(CCCN(C(=O)c3ccc(C(C)C)cc3)C2)CCC1=O. The minimum Gasteiger partial charge on any atom is -0.342 e. The summed E-state index contributed by atoms with van der Waals surface area (Å²) in [6.45, 7) is 9.79. The van der Waals surface area contributed by atoms with Crippen LogP contribution in [0.1, 0.15) is 81.1 Å². The Morgan fingerprint density at radius 3 is 2.56 bits per heavy atom. The van der Waals surface area contributed by atoms with Crippen LogP contribution in [-0.4, -0.2) is 47.8 Å². The first-order chi connectivity index (χ1) is 12.9. The summed E-state index contributed by atoms with van der Waals surface area (Å²) in [6, 6.07) is 8.08. The number of piperidine rings is 2. The number of hydrogen-bond donors (Lipinski definition) is 0. The van der Waals surface area contributed by atoms with Crippen molar-refractivity contribution in [3.05, 3.63) is 35.4 Å². The molecule has 0 unspecified atom stereocenters. The summed E-state index contributed by atoms with van der Waals surface area (Å²) in [7, 11) is 0. The average molecular weight is 371 g/mol. The molecule has 2 saturated heterocycles. The quantitative estimate of drug-likeness (QED) is 0.768. The zero-order valence-electron chi connectivity index (χ0n) is 17.2. The molecular formula is C23H34N2O2. The Morgan fingerprint density at radius 2 is 1.89 bits per heavy atom. The molecule has 1 spiro atoms. The second-order valence-electron chi connectivity index (χ2n) is 8.78. The van der Waals surface area contributed by atoms with Crippen LogP contribution in [0.3, 0.4) is 0 Å². The van der Waals surface area contributed by atoms with E-state index in [0.29, 0.717) is 18.2 Å². The third-order valence-electron chi connectivity index (χ3n) is 6.30. The van der Waals surface area contributed by atoms with Crippen molar-refractivity contribution in [1.29, 1.82) is 0 Å². The van der Waals surface area contributed by atoms with Gasteiger partial charge in [0.2, 0.25) is 5.91 Å². The molecule has 2 heterocycles. The molecule has 1 aromatic carbocycles. The van der Waals surface area contributed by atoms with Gasteiger partial charge in [-0.05, 0) is 49.3 Å². The number of benzene rings is 1. The van der Waals surface area contributed by atoms with Crippen LogP contribution in [0, 0.1) is 5.41 Å². The summed E-state index contributed by atoms with van der Waals surface area (Å²) in [4.78, 5) is 29.4. The molecule has 2 aliphatic rings. The van der Waals surface area contributed by atoms with Crippen LogP contribution in [0.5, 0.6) is 0 Å². The Hall–Kier alpha value is -1.84. The molecule has 148 valence electrons. The van der Waals surface area contributed by atoms with Crippen molar-refractivity contribution in [2.75, 3.05) is 26.2 Å². The molecular weight excluding hydrogens is 336 g/mol. The van der Waals surface area contributed by atoms with Crippen LogP contribution < -0.4 is 0 Å². The lowest BCUT2D eigenvalue weighted by atomic mass is 9.73. The van der Waals surface area contributed by atoms with Gasteiger partial charge in [-0.2, -0.15) is 0 Å². The Labute approximate surface area is 163 Å². The van der Waals surface area contributed by atoms with Gasteiger partial charge in [-0.15, -0.1) is 0 Å². The first kappa shape index (κ1) is 19.9. The van der Waals surface area contributed by atoms with Crippen LogP contribution in [0.25, 0.3) is 0 Å². The molecule has 2 fully saturated rings. The van der Waals surface area contributed by atoms with Crippen molar-refractivity contribution in [3.63, 3.8) is 0 Å².